The molecule has 8 heteroatoms. The molecule has 0 aliphatic rings. The van der Waals surface area contributed by atoms with E-state index in [0.717, 1.165) is 11.3 Å². The first-order valence-electron chi connectivity index (χ1n) is 7.69. The molecule has 2 amide bonds. The SMILES string of the molecule is CC(NC(=O)CNC(=O)c1ccco1)c1ccc(-n2cncn2)cc1. The second-order valence-electron chi connectivity index (χ2n) is 5.38. The Bertz CT molecular complexity index is 826. The number of carbonyl (C=O) groups excluding carboxylic acids is 2. The summed E-state index contributed by atoms with van der Waals surface area (Å²) in [5, 5.41) is 9.40. The molecule has 0 radical (unpaired) electrons. The molecular weight excluding hydrogens is 322 g/mol. The Balaban J connectivity index is 1.52. The number of rotatable bonds is 6. The molecule has 0 bridgehead atoms. The molecule has 2 heterocycles. The molecule has 0 fully saturated rings. The van der Waals surface area contributed by atoms with E-state index in [1.807, 2.05) is 31.2 Å². The van der Waals surface area contributed by atoms with Gasteiger partial charge in [-0.3, -0.25) is 9.59 Å². The number of aromatic nitrogens is 3. The topological polar surface area (TPSA) is 102 Å². The van der Waals surface area contributed by atoms with E-state index in [4.69, 9.17) is 4.42 Å². The summed E-state index contributed by atoms with van der Waals surface area (Å²) in [5.74, 6) is -0.540. The van der Waals surface area contributed by atoms with Crippen LogP contribution in [0.5, 0.6) is 0 Å². The van der Waals surface area contributed by atoms with Gasteiger partial charge in [-0.05, 0) is 36.8 Å². The average molecular weight is 339 g/mol. The van der Waals surface area contributed by atoms with Crippen molar-refractivity contribution < 1.29 is 14.0 Å². The maximum atomic E-state index is 12.0. The fourth-order valence-electron chi connectivity index (χ4n) is 2.29. The zero-order valence-electron chi connectivity index (χ0n) is 13.5. The second-order valence-corrected chi connectivity index (χ2v) is 5.38. The molecule has 1 atom stereocenters. The highest BCUT2D eigenvalue weighted by Gasteiger charge is 2.13. The summed E-state index contributed by atoms with van der Waals surface area (Å²) in [6.07, 6.45) is 4.48. The Hall–Kier alpha value is -3.42. The lowest BCUT2D eigenvalue weighted by Crippen LogP contribution is -2.37. The van der Waals surface area contributed by atoms with Crippen molar-refractivity contribution in [2.24, 2.45) is 0 Å². The molecule has 3 rings (SSSR count). The quantitative estimate of drug-likeness (QED) is 0.708. The van der Waals surface area contributed by atoms with Crippen LogP contribution in [0.1, 0.15) is 29.1 Å². The minimum absolute atomic E-state index is 0.124. The maximum Gasteiger partial charge on any atom is 0.287 e. The van der Waals surface area contributed by atoms with Crippen LogP contribution in [0.2, 0.25) is 0 Å². The Labute approximate surface area is 143 Å². The normalized spacial score (nSPS) is 11.7. The number of benzene rings is 1. The molecule has 0 aliphatic carbocycles. The number of nitrogens with one attached hydrogen (secondary N) is 2. The van der Waals surface area contributed by atoms with Gasteiger partial charge in [0.1, 0.15) is 12.7 Å². The Morgan fingerprint density at radius 3 is 2.68 bits per heavy atom. The van der Waals surface area contributed by atoms with Crippen molar-refractivity contribution >= 4 is 11.8 Å². The first-order chi connectivity index (χ1) is 12.1. The third kappa shape index (κ3) is 4.11. The van der Waals surface area contributed by atoms with Crippen molar-refractivity contribution in [3.05, 3.63) is 66.6 Å². The van der Waals surface area contributed by atoms with Crippen molar-refractivity contribution in [3.8, 4) is 5.69 Å². The Morgan fingerprint density at radius 2 is 2.04 bits per heavy atom. The molecule has 0 saturated carbocycles. The van der Waals surface area contributed by atoms with E-state index in [1.165, 1.54) is 18.7 Å². The van der Waals surface area contributed by atoms with Crippen LogP contribution >= 0.6 is 0 Å². The number of amides is 2. The first-order valence-corrected chi connectivity index (χ1v) is 7.69. The van der Waals surface area contributed by atoms with Gasteiger partial charge in [-0.25, -0.2) is 9.67 Å². The van der Waals surface area contributed by atoms with Gasteiger partial charge in [-0.1, -0.05) is 12.1 Å². The van der Waals surface area contributed by atoms with Crippen molar-refractivity contribution in [1.29, 1.82) is 0 Å². The predicted molar refractivity (Wildman–Crippen MR) is 89.0 cm³/mol. The van der Waals surface area contributed by atoms with E-state index in [2.05, 4.69) is 20.7 Å². The van der Waals surface area contributed by atoms with Crippen LogP contribution in [0.25, 0.3) is 5.69 Å². The van der Waals surface area contributed by atoms with Crippen LogP contribution in [0.3, 0.4) is 0 Å². The average Bonchev–Trinajstić information content (AvgIpc) is 3.33. The number of nitrogens with zero attached hydrogens (tertiary/aromatic N) is 3. The smallest absolute Gasteiger partial charge is 0.287 e. The zero-order valence-corrected chi connectivity index (χ0v) is 13.5. The van der Waals surface area contributed by atoms with Crippen molar-refractivity contribution in [2.75, 3.05) is 6.54 Å². The minimum atomic E-state index is -0.426. The number of hydrogen-bond donors (Lipinski definition) is 2. The van der Waals surface area contributed by atoms with Gasteiger partial charge in [0.15, 0.2) is 5.76 Å². The van der Waals surface area contributed by atoms with E-state index in [9.17, 15) is 9.59 Å². The molecule has 128 valence electrons. The summed E-state index contributed by atoms with van der Waals surface area (Å²) in [6.45, 7) is 1.75. The molecule has 0 saturated heterocycles. The van der Waals surface area contributed by atoms with Crippen LogP contribution in [0, 0.1) is 0 Å². The van der Waals surface area contributed by atoms with Crippen LogP contribution < -0.4 is 10.6 Å². The molecule has 0 aliphatic heterocycles. The van der Waals surface area contributed by atoms with Crippen molar-refractivity contribution in [3.63, 3.8) is 0 Å². The molecule has 2 N–H and O–H groups in total. The third-order valence-electron chi connectivity index (χ3n) is 3.61. The third-order valence-corrected chi connectivity index (χ3v) is 3.61. The molecular formula is C17H17N5O3. The van der Waals surface area contributed by atoms with E-state index in [0.29, 0.717) is 0 Å². The van der Waals surface area contributed by atoms with Gasteiger partial charge < -0.3 is 15.1 Å². The lowest BCUT2D eigenvalue weighted by atomic mass is 10.1. The number of hydrogen-bond acceptors (Lipinski definition) is 5. The number of carbonyl (C=O) groups is 2. The van der Waals surface area contributed by atoms with Gasteiger partial charge in [0.05, 0.1) is 24.5 Å². The molecule has 3 aromatic rings. The molecule has 25 heavy (non-hydrogen) atoms. The van der Waals surface area contributed by atoms with Gasteiger partial charge in [-0.2, -0.15) is 5.10 Å². The van der Waals surface area contributed by atoms with E-state index < -0.39 is 5.91 Å². The summed E-state index contributed by atoms with van der Waals surface area (Å²) in [6, 6.07) is 10.5. The minimum Gasteiger partial charge on any atom is -0.459 e. The first kappa shape index (κ1) is 16.4. The van der Waals surface area contributed by atoms with Gasteiger partial charge in [0.25, 0.3) is 5.91 Å². The van der Waals surface area contributed by atoms with Gasteiger partial charge >= 0.3 is 0 Å². The van der Waals surface area contributed by atoms with Crippen LogP contribution in [0.15, 0.2) is 59.7 Å². The van der Waals surface area contributed by atoms with E-state index in [-0.39, 0.29) is 24.3 Å². The van der Waals surface area contributed by atoms with Crippen molar-refractivity contribution in [2.45, 2.75) is 13.0 Å². The van der Waals surface area contributed by atoms with Gasteiger partial charge in [0, 0.05) is 0 Å². The summed E-state index contributed by atoms with van der Waals surface area (Å²) in [5.41, 5.74) is 1.82. The number of furan rings is 1. The lowest BCUT2D eigenvalue weighted by molar-refractivity contribution is -0.120. The summed E-state index contributed by atoms with van der Waals surface area (Å²) >= 11 is 0. The summed E-state index contributed by atoms with van der Waals surface area (Å²) in [4.78, 5) is 27.6. The Kier molecular flexibility index (Phi) is 4.89. The highest BCUT2D eigenvalue weighted by atomic mass is 16.3. The highest BCUT2D eigenvalue weighted by Crippen LogP contribution is 2.15. The molecule has 2 aromatic heterocycles. The second kappa shape index (κ2) is 7.43. The highest BCUT2D eigenvalue weighted by molar-refractivity contribution is 5.94. The molecule has 1 unspecified atom stereocenters. The van der Waals surface area contributed by atoms with Crippen molar-refractivity contribution in [1.82, 2.24) is 25.4 Å². The summed E-state index contributed by atoms with van der Waals surface area (Å²) < 4.78 is 6.61. The maximum absolute atomic E-state index is 12.0. The fourth-order valence-corrected chi connectivity index (χ4v) is 2.29. The molecule has 8 nitrogen and oxygen atoms in total. The van der Waals surface area contributed by atoms with E-state index in [1.54, 1.807) is 17.1 Å². The van der Waals surface area contributed by atoms with Crippen LogP contribution in [-0.4, -0.2) is 33.1 Å². The van der Waals surface area contributed by atoms with Crippen LogP contribution in [0.4, 0.5) is 0 Å². The fraction of sp³-hybridized carbons (Fsp3) is 0.176. The van der Waals surface area contributed by atoms with Gasteiger partial charge in [0.2, 0.25) is 5.91 Å². The zero-order chi connectivity index (χ0) is 17.6. The predicted octanol–water partition coefficient (Wildman–Crippen LogP) is 1.47. The summed E-state index contributed by atoms with van der Waals surface area (Å²) in [7, 11) is 0. The molecule has 1 aromatic carbocycles. The van der Waals surface area contributed by atoms with E-state index >= 15 is 0 Å². The Morgan fingerprint density at radius 1 is 1.24 bits per heavy atom. The lowest BCUT2D eigenvalue weighted by Gasteiger charge is -2.15. The molecule has 0 spiro atoms. The van der Waals surface area contributed by atoms with Crippen LogP contribution in [-0.2, 0) is 4.79 Å². The largest absolute Gasteiger partial charge is 0.459 e. The monoisotopic (exact) mass is 339 g/mol. The standard InChI is InChI=1S/C17H17N5O3/c1-12(13-4-6-14(7-5-13)22-11-18-10-20-22)21-16(23)9-19-17(24)15-3-2-8-25-15/h2-8,10-12H,9H2,1H3,(H,19,24)(H,21,23). The van der Waals surface area contributed by atoms with Gasteiger partial charge in [-0.15, -0.1) is 0 Å².